The molecule has 0 heterocycles. The van der Waals surface area contributed by atoms with Crippen molar-refractivity contribution in [2.75, 3.05) is 25.6 Å². The van der Waals surface area contributed by atoms with Gasteiger partial charge < -0.3 is 20.5 Å². The molecule has 0 bridgehead atoms. The van der Waals surface area contributed by atoms with Gasteiger partial charge in [0.15, 0.2) is 0 Å². The van der Waals surface area contributed by atoms with Crippen molar-refractivity contribution in [2.45, 2.75) is 18.5 Å². The van der Waals surface area contributed by atoms with Crippen molar-refractivity contribution in [3.8, 4) is 0 Å². The molecule has 0 aliphatic heterocycles. The van der Waals surface area contributed by atoms with Crippen LogP contribution in [-0.2, 0) is 10.1 Å². The Morgan fingerprint density at radius 3 is 1.81 bits per heavy atom. The van der Waals surface area contributed by atoms with E-state index in [1.807, 2.05) is 0 Å². The quantitative estimate of drug-likeness (QED) is 0.253. The fraction of sp³-hybridized carbons (Fsp3) is 1.00. The van der Waals surface area contributed by atoms with Crippen LogP contribution >= 0.6 is 0 Å². The van der Waals surface area contributed by atoms with E-state index < -0.39 is 47.3 Å². The standard InChI is InChI=1S/C7H17NO7S/c1-6(2-16(13,14)15)8(12)7(3-9,4-10)5-11/h6,9-12H,2-5H2,1H3,(H,13,14,15). The summed E-state index contributed by atoms with van der Waals surface area (Å²) in [6.07, 6.45) is 0. The van der Waals surface area contributed by atoms with Gasteiger partial charge in [-0.1, -0.05) is 0 Å². The first-order chi connectivity index (χ1) is 7.22. The van der Waals surface area contributed by atoms with Crippen LogP contribution in [0.2, 0.25) is 0 Å². The topological polar surface area (TPSA) is 139 Å². The van der Waals surface area contributed by atoms with Crippen LogP contribution in [0.25, 0.3) is 0 Å². The molecule has 0 saturated heterocycles. The van der Waals surface area contributed by atoms with Crippen molar-refractivity contribution in [1.82, 2.24) is 5.06 Å². The zero-order chi connectivity index (χ0) is 13.0. The Balaban J connectivity index is 4.81. The molecule has 0 rings (SSSR count). The average Bonchev–Trinajstić information content (AvgIpc) is 2.18. The van der Waals surface area contributed by atoms with Gasteiger partial charge in [0.05, 0.1) is 25.6 Å². The van der Waals surface area contributed by atoms with Crippen LogP contribution in [0.1, 0.15) is 6.92 Å². The van der Waals surface area contributed by atoms with Crippen molar-refractivity contribution < 1.29 is 33.5 Å². The lowest BCUT2D eigenvalue weighted by Gasteiger charge is -2.38. The van der Waals surface area contributed by atoms with Gasteiger partial charge in [-0.15, -0.1) is 0 Å². The van der Waals surface area contributed by atoms with E-state index >= 15 is 0 Å². The van der Waals surface area contributed by atoms with E-state index in [0.29, 0.717) is 5.06 Å². The SMILES string of the molecule is CC(CS(=O)(=O)O)N(O)C(CO)(CO)CO. The highest BCUT2D eigenvalue weighted by atomic mass is 32.2. The molecule has 5 N–H and O–H groups in total. The largest absolute Gasteiger partial charge is 0.394 e. The predicted octanol–water partition coefficient (Wildman–Crippen LogP) is -2.33. The number of hydrogen-bond donors (Lipinski definition) is 5. The van der Waals surface area contributed by atoms with E-state index in [-0.39, 0.29) is 0 Å². The van der Waals surface area contributed by atoms with Crippen LogP contribution in [0.15, 0.2) is 0 Å². The molecule has 0 amide bonds. The first-order valence-electron chi connectivity index (χ1n) is 4.48. The predicted molar refractivity (Wildman–Crippen MR) is 53.5 cm³/mol. The van der Waals surface area contributed by atoms with Gasteiger partial charge in [0, 0.05) is 6.04 Å². The van der Waals surface area contributed by atoms with E-state index in [9.17, 15) is 13.6 Å². The molecule has 16 heavy (non-hydrogen) atoms. The fourth-order valence-electron chi connectivity index (χ4n) is 1.21. The minimum absolute atomic E-state index is 0.334. The molecule has 0 aliphatic carbocycles. The van der Waals surface area contributed by atoms with Crippen molar-refractivity contribution >= 4 is 10.1 Å². The summed E-state index contributed by atoms with van der Waals surface area (Å²) in [5.74, 6) is -0.786. The van der Waals surface area contributed by atoms with Gasteiger partial charge in [-0.2, -0.15) is 13.5 Å². The summed E-state index contributed by atoms with van der Waals surface area (Å²) < 4.78 is 29.7. The fourth-order valence-corrected chi connectivity index (χ4v) is 1.96. The molecule has 0 aliphatic rings. The van der Waals surface area contributed by atoms with Crippen LogP contribution in [0.3, 0.4) is 0 Å². The summed E-state index contributed by atoms with van der Waals surface area (Å²) in [6.45, 7) is -1.06. The number of nitrogens with zero attached hydrogens (tertiary/aromatic N) is 1. The second-order valence-electron chi connectivity index (χ2n) is 3.64. The third kappa shape index (κ3) is 3.94. The van der Waals surface area contributed by atoms with E-state index in [1.54, 1.807) is 0 Å². The number of aliphatic hydroxyl groups is 3. The Labute approximate surface area is 93.4 Å². The summed E-state index contributed by atoms with van der Waals surface area (Å²) in [5.41, 5.74) is -1.75. The van der Waals surface area contributed by atoms with Gasteiger partial charge in [0.2, 0.25) is 0 Å². The monoisotopic (exact) mass is 259 g/mol. The zero-order valence-corrected chi connectivity index (χ0v) is 9.63. The molecule has 1 unspecified atom stereocenters. The van der Waals surface area contributed by atoms with Gasteiger partial charge in [-0.3, -0.25) is 4.55 Å². The van der Waals surface area contributed by atoms with E-state index in [0.717, 1.165) is 0 Å². The van der Waals surface area contributed by atoms with E-state index in [2.05, 4.69) is 0 Å². The third-order valence-corrected chi connectivity index (χ3v) is 3.14. The van der Waals surface area contributed by atoms with Crippen LogP contribution in [0.4, 0.5) is 0 Å². The molecule has 0 aromatic rings. The zero-order valence-electron chi connectivity index (χ0n) is 8.81. The van der Waals surface area contributed by atoms with Gasteiger partial charge in [0.1, 0.15) is 5.54 Å². The summed E-state index contributed by atoms with van der Waals surface area (Å²) in [6, 6.07) is -1.10. The van der Waals surface area contributed by atoms with Crippen LogP contribution < -0.4 is 0 Å². The van der Waals surface area contributed by atoms with Crippen LogP contribution in [0.5, 0.6) is 0 Å². The Bertz CT molecular complexity index is 292. The number of hydrogen-bond acceptors (Lipinski definition) is 7. The Hall–Kier alpha value is -0.290. The molecular formula is C7H17NO7S. The molecule has 0 aromatic carbocycles. The second kappa shape index (κ2) is 5.87. The highest BCUT2D eigenvalue weighted by Crippen LogP contribution is 2.15. The number of aliphatic hydroxyl groups excluding tert-OH is 3. The first-order valence-corrected chi connectivity index (χ1v) is 6.09. The lowest BCUT2D eigenvalue weighted by molar-refractivity contribution is -0.229. The summed E-state index contributed by atoms with van der Waals surface area (Å²) in [5, 5.41) is 36.8. The molecule has 0 radical (unpaired) electrons. The Morgan fingerprint density at radius 1 is 1.19 bits per heavy atom. The van der Waals surface area contributed by atoms with Gasteiger partial charge in [-0.05, 0) is 6.92 Å². The Kier molecular flexibility index (Phi) is 5.76. The van der Waals surface area contributed by atoms with Crippen molar-refractivity contribution in [2.24, 2.45) is 0 Å². The van der Waals surface area contributed by atoms with Gasteiger partial charge >= 0.3 is 0 Å². The van der Waals surface area contributed by atoms with Crippen LogP contribution in [0, 0.1) is 0 Å². The van der Waals surface area contributed by atoms with Gasteiger partial charge in [-0.25, -0.2) is 0 Å². The molecule has 8 nitrogen and oxygen atoms in total. The van der Waals surface area contributed by atoms with Gasteiger partial charge in [0.25, 0.3) is 10.1 Å². The normalized spacial score (nSPS) is 15.4. The maximum Gasteiger partial charge on any atom is 0.266 e. The molecule has 0 aromatic heterocycles. The lowest BCUT2D eigenvalue weighted by Crippen LogP contribution is -2.59. The van der Waals surface area contributed by atoms with Crippen LogP contribution in [-0.4, -0.2) is 75.7 Å². The summed E-state index contributed by atoms with van der Waals surface area (Å²) in [7, 11) is -4.30. The summed E-state index contributed by atoms with van der Waals surface area (Å²) >= 11 is 0. The van der Waals surface area contributed by atoms with Crippen molar-refractivity contribution in [3.05, 3.63) is 0 Å². The molecular weight excluding hydrogens is 242 g/mol. The van der Waals surface area contributed by atoms with Crippen molar-refractivity contribution in [3.63, 3.8) is 0 Å². The number of hydroxylamine groups is 2. The highest BCUT2D eigenvalue weighted by Gasteiger charge is 2.38. The molecule has 9 heteroatoms. The maximum atomic E-state index is 10.6. The van der Waals surface area contributed by atoms with E-state index in [1.165, 1.54) is 6.92 Å². The third-order valence-electron chi connectivity index (χ3n) is 2.24. The summed E-state index contributed by atoms with van der Waals surface area (Å²) in [4.78, 5) is 0. The maximum absolute atomic E-state index is 10.6. The lowest BCUT2D eigenvalue weighted by atomic mass is 10.0. The second-order valence-corrected chi connectivity index (χ2v) is 5.14. The van der Waals surface area contributed by atoms with E-state index in [4.69, 9.17) is 19.9 Å². The molecule has 0 saturated carbocycles. The Morgan fingerprint density at radius 2 is 1.56 bits per heavy atom. The highest BCUT2D eigenvalue weighted by molar-refractivity contribution is 7.85. The minimum atomic E-state index is -4.30. The first kappa shape index (κ1) is 15.7. The molecule has 0 fully saturated rings. The molecule has 98 valence electrons. The molecule has 0 spiro atoms. The number of rotatable bonds is 7. The molecule has 1 atom stereocenters. The van der Waals surface area contributed by atoms with Crippen molar-refractivity contribution in [1.29, 1.82) is 0 Å². The average molecular weight is 259 g/mol. The minimum Gasteiger partial charge on any atom is -0.394 e. The smallest absolute Gasteiger partial charge is 0.266 e.